The van der Waals surface area contributed by atoms with Gasteiger partial charge in [-0.1, -0.05) is 18.2 Å². The normalized spacial score (nSPS) is 22.4. The van der Waals surface area contributed by atoms with Gasteiger partial charge in [-0.3, -0.25) is 14.6 Å². The topological polar surface area (TPSA) is 53.5 Å². The van der Waals surface area contributed by atoms with Gasteiger partial charge >= 0.3 is 0 Å². The zero-order valence-electron chi connectivity index (χ0n) is 14.4. The fourth-order valence-electron chi connectivity index (χ4n) is 3.98. The molecule has 0 saturated carbocycles. The molecule has 1 spiro atoms. The van der Waals surface area contributed by atoms with Gasteiger partial charge < -0.3 is 9.80 Å². The minimum absolute atomic E-state index is 0.0677. The second-order valence-corrected chi connectivity index (χ2v) is 7.08. The molecule has 2 aliphatic heterocycles. The van der Waals surface area contributed by atoms with Crippen LogP contribution in [0.5, 0.6) is 0 Å². The molecule has 134 valence electrons. The van der Waals surface area contributed by atoms with Crippen LogP contribution in [0.4, 0.5) is 4.39 Å². The summed E-state index contributed by atoms with van der Waals surface area (Å²) in [5.41, 5.74) is 0.694. The van der Waals surface area contributed by atoms with Crippen LogP contribution in [0.3, 0.4) is 0 Å². The van der Waals surface area contributed by atoms with Gasteiger partial charge in [0.15, 0.2) is 0 Å². The molecule has 2 amide bonds. The van der Waals surface area contributed by atoms with E-state index in [1.165, 1.54) is 12.1 Å². The van der Waals surface area contributed by atoms with Crippen LogP contribution in [0, 0.1) is 11.2 Å². The molecular formula is C20H20FN3O2. The zero-order valence-corrected chi connectivity index (χ0v) is 14.4. The molecule has 3 heterocycles. The molecule has 4 rings (SSSR count). The summed E-state index contributed by atoms with van der Waals surface area (Å²) in [6, 6.07) is 11.6. The Morgan fingerprint density at radius 2 is 2.00 bits per heavy atom. The molecule has 2 aromatic rings. The predicted octanol–water partition coefficient (Wildman–Crippen LogP) is 2.49. The molecule has 6 heteroatoms. The molecule has 2 aliphatic rings. The third kappa shape index (κ3) is 2.96. The summed E-state index contributed by atoms with van der Waals surface area (Å²) in [5, 5.41) is 0. The molecule has 1 aromatic heterocycles. The zero-order chi connectivity index (χ0) is 18.1. The van der Waals surface area contributed by atoms with Gasteiger partial charge in [0.25, 0.3) is 5.91 Å². The molecule has 2 saturated heterocycles. The first-order chi connectivity index (χ1) is 12.6. The van der Waals surface area contributed by atoms with E-state index in [4.69, 9.17) is 0 Å². The maximum Gasteiger partial charge on any atom is 0.272 e. The van der Waals surface area contributed by atoms with Gasteiger partial charge in [0.1, 0.15) is 11.5 Å². The molecule has 5 nitrogen and oxygen atoms in total. The Balaban J connectivity index is 1.45. The van der Waals surface area contributed by atoms with Crippen molar-refractivity contribution in [2.75, 3.05) is 19.6 Å². The Hall–Kier alpha value is -2.76. The van der Waals surface area contributed by atoms with Gasteiger partial charge in [0, 0.05) is 32.4 Å². The number of pyridine rings is 1. The summed E-state index contributed by atoms with van der Waals surface area (Å²) < 4.78 is 13.4. The molecule has 1 aromatic carbocycles. The fourth-order valence-corrected chi connectivity index (χ4v) is 3.98. The minimum atomic E-state index is -0.502. The molecule has 2 fully saturated rings. The monoisotopic (exact) mass is 353 g/mol. The third-order valence-corrected chi connectivity index (χ3v) is 5.39. The number of carbonyl (C=O) groups is 2. The van der Waals surface area contributed by atoms with Crippen molar-refractivity contribution in [2.24, 2.45) is 5.41 Å². The fraction of sp³-hybridized carbons (Fsp3) is 0.350. The van der Waals surface area contributed by atoms with E-state index in [2.05, 4.69) is 4.98 Å². The Morgan fingerprint density at radius 1 is 1.15 bits per heavy atom. The van der Waals surface area contributed by atoms with Crippen LogP contribution in [-0.2, 0) is 11.3 Å². The van der Waals surface area contributed by atoms with Crippen molar-refractivity contribution in [3.63, 3.8) is 0 Å². The maximum absolute atomic E-state index is 13.4. The average molecular weight is 353 g/mol. The van der Waals surface area contributed by atoms with E-state index in [-0.39, 0.29) is 17.6 Å². The number of carbonyl (C=O) groups excluding carboxylic acids is 2. The lowest BCUT2D eigenvalue weighted by molar-refractivity contribution is -0.135. The van der Waals surface area contributed by atoms with Crippen LogP contribution in [0.15, 0.2) is 48.7 Å². The Bertz CT molecular complexity index is 842. The third-order valence-electron chi connectivity index (χ3n) is 5.39. The number of likely N-dealkylation sites (tertiary alicyclic amines) is 2. The van der Waals surface area contributed by atoms with Crippen LogP contribution in [-0.4, -0.2) is 46.2 Å². The second kappa shape index (κ2) is 6.52. The molecular weight excluding hydrogens is 333 g/mol. The van der Waals surface area contributed by atoms with Crippen LogP contribution in [0.1, 0.15) is 28.9 Å². The van der Waals surface area contributed by atoms with E-state index in [1.807, 2.05) is 6.07 Å². The first-order valence-electron chi connectivity index (χ1n) is 8.82. The number of aromatic nitrogens is 1. The summed E-state index contributed by atoms with van der Waals surface area (Å²) in [5.74, 6) is -0.353. The van der Waals surface area contributed by atoms with Gasteiger partial charge in [0.2, 0.25) is 5.91 Å². The van der Waals surface area contributed by atoms with E-state index in [1.54, 1.807) is 40.3 Å². The van der Waals surface area contributed by atoms with Gasteiger partial charge in [-0.15, -0.1) is 0 Å². The van der Waals surface area contributed by atoms with Crippen LogP contribution >= 0.6 is 0 Å². The molecule has 1 unspecified atom stereocenters. The smallest absolute Gasteiger partial charge is 0.272 e. The summed E-state index contributed by atoms with van der Waals surface area (Å²) in [6.45, 7) is 2.04. The second-order valence-electron chi connectivity index (χ2n) is 7.08. The lowest BCUT2D eigenvalue weighted by Crippen LogP contribution is -2.38. The average Bonchev–Trinajstić information content (AvgIpc) is 3.22. The number of hydrogen-bond donors (Lipinski definition) is 0. The first-order valence-corrected chi connectivity index (χ1v) is 8.82. The minimum Gasteiger partial charge on any atom is -0.338 e. The highest BCUT2D eigenvalue weighted by molar-refractivity contribution is 5.94. The number of amides is 2. The molecule has 0 bridgehead atoms. The molecule has 0 radical (unpaired) electrons. The van der Waals surface area contributed by atoms with Crippen molar-refractivity contribution < 1.29 is 14.0 Å². The van der Waals surface area contributed by atoms with Gasteiger partial charge in [-0.2, -0.15) is 0 Å². The van der Waals surface area contributed by atoms with Crippen molar-refractivity contribution >= 4 is 11.8 Å². The lowest BCUT2D eigenvalue weighted by Gasteiger charge is -2.23. The van der Waals surface area contributed by atoms with Crippen molar-refractivity contribution in [2.45, 2.75) is 19.4 Å². The van der Waals surface area contributed by atoms with E-state index >= 15 is 0 Å². The summed E-state index contributed by atoms with van der Waals surface area (Å²) >= 11 is 0. The maximum atomic E-state index is 13.4. The summed E-state index contributed by atoms with van der Waals surface area (Å²) in [7, 11) is 0. The van der Waals surface area contributed by atoms with Crippen molar-refractivity contribution in [3.05, 3.63) is 65.7 Å². The number of rotatable bonds is 3. The summed E-state index contributed by atoms with van der Waals surface area (Å²) in [4.78, 5) is 33.2. The highest BCUT2D eigenvalue weighted by atomic mass is 19.1. The molecule has 1 atom stereocenters. The molecule has 0 aliphatic carbocycles. The van der Waals surface area contributed by atoms with Crippen molar-refractivity contribution in [1.82, 2.24) is 14.8 Å². The number of hydrogen-bond acceptors (Lipinski definition) is 3. The van der Waals surface area contributed by atoms with Crippen LogP contribution in [0.25, 0.3) is 0 Å². The number of halogens is 1. The van der Waals surface area contributed by atoms with E-state index < -0.39 is 5.41 Å². The Labute approximate surface area is 151 Å². The number of benzene rings is 1. The SMILES string of the molecule is O=C(c1ccccn1)N1CCC2(CCN(Cc3cccc(F)c3)C2=O)C1. The van der Waals surface area contributed by atoms with Crippen molar-refractivity contribution in [3.8, 4) is 0 Å². The van der Waals surface area contributed by atoms with Gasteiger partial charge in [-0.05, 0) is 42.7 Å². The highest BCUT2D eigenvalue weighted by Gasteiger charge is 2.51. The van der Waals surface area contributed by atoms with E-state index in [9.17, 15) is 14.0 Å². The first kappa shape index (κ1) is 16.7. The predicted molar refractivity (Wildman–Crippen MR) is 93.6 cm³/mol. The van der Waals surface area contributed by atoms with E-state index in [0.29, 0.717) is 38.3 Å². The largest absolute Gasteiger partial charge is 0.338 e. The lowest BCUT2D eigenvalue weighted by atomic mass is 9.85. The van der Waals surface area contributed by atoms with Crippen LogP contribution < -0.4 is 0 Å². The van der Waals surface area contributed by atoms with Gasteiger partial charge in [-0.25, -0.2) is 4.39 Å². The van der Waals surface area contributed by atoms with Crippen molar-refractivity contribution in [1.29, 1.82) is 0 Å². The quantitative estimate of drug-likeness (QED) is 0.852. The Kier molecular flexibility index (Phi) is 4.18. The molecule has 26 heavy (non-hydrogen) atoms. The van der Waals surface area contributed by atoms with E-state index in [0.717, 1.165) is 12.0 Å². The Morgan fingerprint density at radius 3 is 2.77 bits per heavy atom. The number of nitrogens with zero attached hydrogens (tertiary/aromatic N) is 3. The van der Waals surface area contributed by atoms with Crippen LogP contribution in [0.2, 0.25) is 0 Å². The standard InChI is InChI=1S/C20H20FN3O2/c21-16-5-3-4-15(12-16)13-23-10-7-20(19(23)26)8-11-24(14-20)18(25)17-6-1-2-9-22-17/h1-6,9,12H,7-8,10-11,13-14H2. The summed E-state index contributed by atoms with van der Waals surface area (Å²) in [6.07, 6.45) is 3.00. The van der Waals surface area contributed by atoms with Gasteiger partial charge in [0.05, 0.1) is 5.41 Å². The highest BCUT2D eigenvalue weighted by Crippen LogP contribution is 2.41. The molecule has 0 N–H and O–H groups in total.